The van der Waals surface area contributed by atoms with Crippen LogP contribution in [0.3, 0.4) is 0 Å². The van der Waals surface area contributed by atoms with Gasteiger partial charge in [-0.3, -0.25) is 9.59 Å². The van der Waals surface area contributed by atoms with Gasteiger partial charge in [-0.2, -0.15) is 0 Å². The standard InChI is InChI=1S/C21H21NO3/c1-13(2)19-18(23)12-21(14-8-10-15(25-3)11-9-14)17-7-5-4-6-16(17)20(24)22(19)21/h4-11,13,19H,12H2,1-3H3. The van der Waals surface area contributed by atoms with Crippen molar-refractivity contribution in [2.75, 3.05) is 7.11 Å². The number of hydrogen-bond acceptors (Lipinski definition) is 3. The molecule has 2 aromatic rings. The van der Waals surface area contributed by atoms with Crippen LogP contribution < -0.4 is 4.74 Å². The molecule has 0 bridgehead atoms. The van der Waals surface area contributed by atoms with Crippen molar-refractivity contribution in [2.45, 2.75) is 31.8 Å². The smallest absolute Gasteiger partial charge is 0.255 e. The Balaban J connectivity index is 1.97. The first-order valence-electron chi connectivity index (χ1n) is 8.61. The number of methoxy groups -OCH3 is 1. The molecule has 1 saturated heterocycles. The van der Waals surface area contributed by atoms with Crippen LogP contribution in [0, 0.1) is 5.92 Å². The van der Waals surface area contributed by atoms with Crippen molar-refractivity contribution >= 4 is 11.7 Å². The van der Waals surface area contributed by atoms with E-state index in [1.807, 2.05) is 67.3 Å². The molecule has 2 atom stereocenters. The summed E-state index contributed by atoms with van der Waals surface area (Å²) in [6.45, 7) is 4.01. The topological polar surface area (TPSA) is 46.6 Å². The van der Waals surface area contributed by atoms with Gasteiger partial charge in [-0.05, 0) is 35.2 Å². The Labute approximate surface area is 147 Å². The Kier molecular flexibility index (Phi) is 3.46. The number of ketones is 1. The first-order valence-corrected chi connectivity index (χ1v) is 8.61. The SMILES string of the molecule is COc1ccc(C23CC(=O)C(C(C)C)N2C(=O)c2ccccc23)cc1. The van der Waals surface area contributed by atoms with E-state index in [4.69, 9.17) is 4.74 Å². The summed E-state index contributed by atoms with van der Waals surface area (Å²) in [5.41, 5.74) is 1.90. The Hall–Kier alpha value is -2.62. The van der Waals surface area contributed by atoms with Gasteiger partial charge in [0.05, 0.1) is 13.2 Å². The van der Waals surface area contributed by atoms with Crippen LogP contribution in [0.2, 0.25) is 0 Å². The maximum absolute atomic E-state index is 13.2. The van der Waals surface area contributed by atoms with Gasteiger partial charge in [-0.15, -0.1) is 0 Å². The number of carbonyl (C=O) groups is 2. The van der Waals surface area contributed by atoms with Crippen molar-refractivity contribution in [3.63, 3.8) is 0 Å². The third-order valence-corrected chi connectivity index (χ3v) is 5.47. The molecule has 1 fully saturated rings. The van der Waals surface area contributed by atoms with E-state index >= 15 is 0 Å². The fourth-order valence-electron chi connectivity index (χ4n) is 4.44. The van der Waals surface area contributed by atoms with Crippen LogP contribution in [0.5, 0.6) is 5.75 Å². The fraction of sp³-hybridized carbons (Fsp3) is 0.333. The molecule has 0 aliphatic carbocycles. The van der Waals surface area contributed by atoms with Crippen molar-refractivity contribution in [1.82, 2.24) is 4.90 Å². The number of carbonyl (C=O) groups excluding carboxylic acids is 2. The van der Waals surface area contributed by atoms with Crippen molar-refractivity contribution in [2.24, 2.45) is 5.92 Å². The molecule has 0 N–H and O–H groups in total. The second-order valence-electron chi connectivity index (χ2n) is 7.14. The quantitative estimate of drug-likeness (QED) is 0.864. The largest absolute Gasteiger partial charge is 0.497 e. The van der Waals surface area contributed by atoms with Gasteiger partial charge in [0.2, 0.25) is 0 Å². The molecule has 4 nitrogen and oxygen atoms in total. The van der Waals surface area contributed by atoms with Gasteiger partial charge in [-0.1, -0.05) is 44.2 Å². The summed E-state index contributed by atoms with van der Waals surface area (Å²) in [6.07, 6.45) is 0.324. The Morgan fingerprint density at radius 3 is 2.40 bits per heavy atom. The molecule has 4 rings (SSSR count). The predicted octanol–water partition coefficient (Wildman–Crippen LogP) is 3.39. The van der Waals surface area contributed by atoms with Gasteiger partial charge in [0, 0.05) is 12.0 Å². The van der Waals surface area contributed by atoms with Crippen LogP contribution in [0.15, 0.2) is 48.5 Å². The number of fused-ring (bicyclic) bond motifs is 3. The summed E-state index contributed by atoms with van der Waals surface area (Å²) >= 11 is 0. The highest BCUT2D eigenvalue weighted by molar-refractivity contribution is 6.07. The molecule has 25 heavy (non-hydrogen) atoms. The zero-order valence-electron chi connectivity index (χ0n) is 14.7. The molecular formula is C21H21NO3. The summed E-state index contributed by atoms with van der Waals surface area (Å²) in [5.74, 6) is 0.921. The molecule has 2 aliphatic heterocycles. The maximum atomic E-state index is 13.2. The highest BCUT2D eigenvalue weighted by Crippen LogP contribution is 2.53. The molecule has 2 unspecified atom stereocenters. The van der Waals surface area contributed by atoms with Gasteiger partial charge in [0.25, 0.3) is 5.91 Å². The van der Waals surface area contributed by atoms with Crippen LogP contribution in [0.4, 0.5) is 0 Å². The number of hydrogen-bond donors (Lipinski definition) is 0. The number of benzene rings is 2. The fourth-order valence-corrected chi connectivity index (χ4v) is 4.44. The number of ether oxygens (including phenoxy) is 1. The maximum Gasteiger partial charge on any atom is 0.255 e. The summed E-state index contributed by atoms with van der Waals surface area (Å²) < 4.78 is 5.26. The van der Waals surface area contributed by atoms with Crippen LogP contribution in [0.1, 0.15) is 41.8 Å². The normalized spacial score (nSPS) is 24.6. The average Bonchev–Trinajstić information content (AvgIpc) is 3.06. The third kappa shape index (κ3) is 2.00. The Morgan fingerprint density at radius 1 is 1.08 bits per heavy atom. The van der Waals surface area contributed by atoms with E-state index in [0.717, 1.165) is 16.9 Å². The van der Waals surface area contributed by atoms with Crippen molar-refractivity contribution in [3.8, 4) is 5.75 Å². The monoisotopic (exact) mass is 335 g/mol. The first-order chi connectivity index (χ1) is 12.0. The highest BCUT2D eigenvalue weighted by atomic mass is 16.5. The van der Waals surface area contributed by atoms with Crippen LogP contribution >= 0.6 is 0 Å². The predicted molar refractivity (Wildman–Crippen MR) is 94.6 cm³/mol. The molecule has 4 heteroatoms. The van der Waals surface area contributed by atoms with E-state index in [-0.39, 0.29) is 23.7 Å². The Bertz CT molecular complexity index is 856. The summed E-state index contributed by atoms with van der Waals surface area (Å²) in [6, 6.07) is 15.0. The molecular weight excluding hydrogens is 314 g/mol. The minimum atomic E-state index is -0.702. The Morgan fingerprint density at radius 2 is 1.76 bits per heavy atom. The number of nitrogens with zero attached hydrogens (tertiary/aromatic N) is 1. The molecule has 0 spiro atoms. The van der Waals surface area contributed by atoms with Gasteiger partial charge in [0.15, 0.2) is 5.78 Å². The number of Topliss-reactive ketones (excluding diaryl/α,β-unsaturated/α-hetero) is 1. The lowest BCUT2D eigenvalue weighted by molar-refractivity contribution is -0.120. The van der Waals surface area contributed by atoms with Crippen LogP contribution in [-0.4, -0.2) is 29.7 Å². The molecule has 1 amide bonds. The lowest BCUT2D eigenvalue weighted by atomic mass is 9.81. The molecule has 128 valence electrons. The van der Waals surface area contributed by atoms with E-state index in [9.17, 15) is 9.59 Å². The highest BCUT2D eigenvalue weighted by Gasteiger charge is 2.61. The zero-order valence-corrected chi connectivity index (χ0v) is 14.7. The number of rotatable bonds is 3. The molecule has 2 aromatic carbocycles. The van der Waals surface area contributed by atoms with E-state index in [2.05, 4.69) is 0 Å². The number of amides is 1. The van der Waals surface area contributed by atoms with Gasteiger partial charge in [-0.25, -0.2) is 0 Å². The van der Waals surface area contributed by atoms with E-state index in [1.54, 1.807) is 7.11 Å². The summed E-state index contributed by atoms with van der Waals surface area (Å²) in [7, 11) is 1.63. The van der Waals surface area contributed by atoms with E-state index in [1.165, 1.54) is 0 Å². The third-order valence-electron chi connectivity index (χ3n) is 5.47. The van der Waals surface area contributed by atoms with Gasteiger partial charge in [0.1, 0.15) is 11.3 Å². The average molecular weight is 335 g/mol. The second-order valence-corrected chi connectivity index (χ2v) is 7.14. The minimum absolute atomic E-state index is 0.0454. The zero-order chi connectivity index (χ0) is 17.8. The van der Waals surface area contributed by atoms with Crippen LogP contribution in [0.25, 0.3) is 0 Å². The molecule has 0 aromatic heterocycles. The molecule has 0 radical (unpaired) electrons. The minimum Gasteiger partial charge on any atom is -0.497 e. The second kappa shape index (κ2) is 5.45. The first kappa shape index (κ1) is 15.9. The molecule has 0 saturated carbocycles. The van der Waals surface area contributed by atoms with E-state index in [0.29, 0.717) is 12.0 Å². The van der Waals surface area contributed by atoms with Gasteiger partial charge >= 0.3 is 0 Å². The molecule has 2 aliphatic rings. The van der Waals surface area contributed by atoms with Crippen molar-refractivity contribution < 1.29 is 14.3 Å². The van der Waals surface area contributed by atoms with Crippen molar-refractivity contribution in [1.29, 1.82) is 0 Å². The van der Waals surface area contributed by atoms with Crippen molar-refractivity contribution in [3.05, 3.63) is 65.2 Å². The lowest BCUT2D eigenvalue weighted by Crippen LogP contribution is -2.46. The molecule has 2 heterocycles. The summed E-state index contributed by atoms with van der Waals surface area (Å²) in [4.78, 5) is 27.9. The van der Waals surface area contributed by atoms with Gasteiger partial charge < -0.3 is 9.64 Å². The van der Waals surface area contributed by atoms with E-state index < -0.39 is 5.54 Å². The van der Waals surface area contributed by atoms with Crippen LogP contribution in [-0.2, 0) is 10.3 Å². The lowest BCUT2D eigenvalue weighted by Gasteiger charge is -2.36. The summed E-state index contributed by atoms with van der Waals surface area (Å²) in [5, 5.41) is 0.